The topological polar surface area (TPSA) is 237 Å². The first-order valence-electron chi connectivity index (χ1n) is 41.8. The third kappa shape index (κ3) is 70.4. The largest absolute Gasteiger partial charge is 0.472 e. The van der Waals surface area contributed by atoms with Gasteiger partial charge in [-0.1, -0.05) is 364 Å². The van der Waals surface area contributed by atoms with Crippen molar-refractivity contribution in [3.05, 3.63) is 0 Å². The van der Waals surface area contributed by atoms with Crippen molar-refractivity contribution in [1.82, 2.24) is 0 Å². The van der Waals surface area contributed by atoms with Crippen LogP contribution in [0.15, 0.2) is 0 Å². The molecular weight excluding hydrogens is 1310 g/mol. The first-order chi connectivity index (χ1) is 48.2. The molecule has 0 aromatic rings. The Labute approximate surface area is 613 Å². The van der Waals surface area contributed by atoms with Crippen LogP contribution >= 0.6 is 15.6 Å². The predicted octanol–water partition coefficient (Wildman–Crippen LogP) is 24.0. The summed E-state index contributed by atoms with van der Waals surface area (Å²) < 4.78 is 68.7. The second-order valence-electron chi connectivity index (χ2n) is 30.4. The van der Waals surface area contributed by atoms with Crippen LogP contribution in [0, 0.1) is 23.7 Å². The molecule has 17 nitrogen and oxygen atoms in total. The molecule has 0 aliphatic rings. The normalized spacial score (nSPS) is 14.8. The van der Waals surface area contributed by atoms with E-state index in [-0.39, 0.29) is 25.7 Å². The summed E-state index contributed by atoms with van der Waals surface area (Å²) in [5, 5.41) is 10.6. The molecule has 3 N–H and O–H groups in total. The van der Waals surface area contributed by atoms with E-state index >= 15 is 0 Å². The minimum atomic E-state index is -4.96. The molecule has 5 unspecified atom stereocenters. The van der Waals surface area contributed by atoms with Gasteiger partial charge in [0.1, 0.15) is 19.3 Å². The lowest BCUT2D eigenvalue weighted by Gasteiger charge is -2.21. The lowest BCUT2D eigenvalue weighted by Crippen LogP contribution is -2.30. The van der Waals surface area contributed by atoms with E-state index in [9.17, 15) is 43.2 Å². The second kappa shape index (κ2) is 70.1. The Balaban J connectivity index is 5.22. The molecule has 19 heteroatoms. The maximum Gasteiger partial charge on any atom is 0.472 e. The minimum absolute atomic E-state index is 0.105. The number of carbonyl (C=O) groups is 4. The van der Waals surface area contributed by atoms with E-state index in [2.05, 4.69) is 55.4 Å². The van der Waals surface area contributed by atoms with Crippen LogP contribution in [0.5, 0.6) is 0 Å². The molecule has 0 saturated heterocycles. The van der Waals surface area contributed by atoms with Crippen LogP contribution in [0.4, 0.5) is 0 Å². The monoisotopic (exact) mass is 1470 g/mol. The maximum absolute atomic E-state index is 13.1. The summed E-state index contributed by atoms with van der Waals surface area (Å²) in [6.45, 7) is 14.3. The van der Waals surface area contributed by atoms with Crippen LogP contribution in [-0.2, 0) is 65.4 Å². The molecule has 0 aliphatic carbocycles. The van der Waals surface area contributed by atoms with Gasteiger partial charge in [-0.25, -0.2) is 9.13 Å². The highest BCUT2D eigenvalue weighted by atomic mass is 31.2. The zero-order valence-electron chi connectivity index (χ0n) is 65.8. The fraction of sp³-hybridized carbons (Fsp3) is 0.951. The number of aliphatic hydroxyl groups excluding tert-OH is 1. The summed E-state index contributed by atoms with van der Waals surface area (Å²) in [5.41, 5.74) is 0. The average Bonchev–Trinajstić information content (AvgIpc) is 0.993. The first kappa shape index (κ1) is 98.1. The number of hydrogen-bond donors (Lipinski definition) is 3. The molecule has 0 amide bonds. The molecular formula is C81H158O17P2. The van der Waals surface area contributed by atoms with Crippen molar-refractivity contribution in [3.8, 4) is 0 Å². The fourth-order valence-electron chi connectivity index (χ4n) is 12.3. The number of rotatable bonds is 78. The van der Waals surface area contributed by atoms with E-state index in [1.165, 1.54) is 212 Å². The van der Waals surface area contributed by atoms with Gasteiger partial charge in [0.15, 0.2) is 12.2 Å². The molecule has 0 saturated carbocycles. The Morgan fingerprint density at radius 3 is 0.710 bits per heavy atom. The van der Waals surface area contributed by atoms with Crippen molar-refractivity contribution in [2.75, 3.05) is 39.6 Å². The third-order valence-electron chi connectivity index (χ3n) is 19.9. The zero-order chi connectivity index (χ0) is 73.8. The Hall–Kier alpha value is -1.94. The molecule has 0 aliphatic heterocycles. The van der Waals surface area contributed by atoms with E-state index in [4.69, 9.17) is 37.0 Å². The van der Waals surface area contributed by atoms with Crippen molar-refractivity contribution >= 4 is 39.5 Å². The van der Waals surface area contributed by atoms with Crippen LogP contribution in [0.2, 0.25) is 0 Å². The summed E-state index contributed by atoms with van der Waals surface area (Å²) in [6.07, 6.45) is 56.9. The molecule has 594 valence electrons. The van der Waals surface area contributed by atoms with Gasteiger partial charge in [-0.3, -0.25) is 37.3 Å². The van der Waals surface area contributed by atoms with Crippen LogP contribution in [0.25, 0.3) is 0 Å². The van der Waals surface area contributed by atoms with Crippen molar-refractivity contribution in [3.63, 3.8) is 0 Å². The summed E-state index contributed by atoms with van der Waals surface area (Å²) in [7, 11) is -9.92. The highest BCUT2D eigenvalue weighted by Crippen LogP contribution is 2.45. The summed E-state index contributed by atoms with van der Waals surface area (Å²) in [5.74, 6) is 1.06. The SMILES string of the molecule is CCC(C)CCCCCCCCCCCCCCCCCCCCC(=O)O[C@H](COC(=O)CCCCCCCCCCCCC(C)CC)COP(=O)(O)OC[C@@H](O)COP(=O)(O)OC[C@@H](COC(=O)CCCCCCCCC(C)CC)OC(=O)CCCCCCCCCCCCCC(C)C. The Kier molecular flexibility index (Phi) is 68.7. The van der Waals surface area contributed by atoms with Crippen molar-refractivity contribution in [1.29, 1.82) is 0 Å². The second-order valence-corrected chi connectivity index (χ2v) is 33.3. The Bertz CT molecular complexity index is 1960. The minimum Gasteiger partial charge on any atom is -0.462 e. The van der Waals surface area contributed by atoms with Gasteiger partial charge in [0, 0.05) is 25.7 Å². The molecule has 0 radical (unpaired) electrons. The molecule has 0 rings (SSSR count). The Morgan fingerprint density at radius 1 is 0.280 bits per heavy atom. The standard InChI is InChI=1S/C81H158O17P2/c1-9-72(6)58-50-42-34-28-22-18-16-14-12-13-15-17-19-23-31-37-47-55-63-80(85)97-76(67-91-78(83)61-53-45-36-30-26-25-29-35-43-51-59-73(7)10-2)69-95-99(87,88)93-65-75(82)66-94-100(89,90)96-70-77(68-92-79(84)62-54-46-40-39-44-52-60-74(8)11-3)98-81(86)64-56-48-38-32-24-20-21-27-33-41-49-57-71(4)5/h71-77,82H,9-70H2,1-8H3,(H,87,88)(H,89,90)/t72?,73?,74?,75-,76-,77-/m1/s1. The smallest absolute Gasteiger partial charge is 0.462 e. The first-order valence-corrected chi connectivity index (χ1v) is 44.8. The quantitative estimate of drug-likeness (QED) is 0.0222. The molecule has 0 aromatic carbocycles. The van der Waals surface area contributed by atoms with Gasteiger partial charge in [-0.15, -0.1) is 0 Å². The molecule has 0 aromatic heterocycles. The highest BCUT2D eigenvalue weighted by molar-refractivity contribution is 7.47. The number of phosphoric ester groups is 2. The zero-order valence-corrected chi connectivity index (χ0v) is 67.6. The molecule has 0 heterocycles. The molecule has 0 bridgehead atoms. The summed E-state index contributed by atoms with van der Waals surface area (Å²) >= 11 is 0. The number of unbranched alkanes of at least 4 members (excludes halogenated alkanes) is 41. The number of carbonyl (C=O) groups excluding carboxylic acids is 4. The number of aliphatic hydroxyl groups is 1. The lowest BCUT2D eigenvalue weighted by molar-refractivity contribution is -0.161. The van der Waals surface area contributed by atoms with Gasteiger partial charge in [0.25, 0.3) is 0 Å². The van der Waals surface area contributed by atoms with Crippen LogP contribution in [-0.4, -0.2) is 96.7 Å². The van der Waals surface area contributed by atoms with E-state index < -0.39 is 97.5 Å². The third-order valence-corrected chi connectivity index (χ3v) is 21.8. The van der Waals surface area contributed by atoms with Crippen molar-refractivity contribution in [2.45, 2.75) is 433 Å². The molecule has 0 spiro atoms. The van der Waals surface area contributed by atoms with E-state index in [0.29, 0.717) is 25.7 Å². The van der Waals surface area contributed by atoms with Gasteiger partial charge in [-0.05, 0) is 49.4 Å². The number of phosphoric acid groups is 2. The summed E-state index contributed by atoms with van der Waals surface area (Å²) in [4.78, 5) is 73.0. The van der Waals surface area contributed by atoms with E-state index in [1.54, 1.807) is 0 Å². The highest BCUT2D eigenvalue weighted by Gasteiger charge is 2.30. The van der Waals surface area contributed by atoms with Gasteiger partial charge < -0.3 is 33.8 Å². The number of hydrogen-bond acceptors (Lipinski definition) is 15. The number of ether oxygens (including phenoxy) is 4. The van der Waals surface area contributed by atoms with Gasteiger partial charge in [-0.2, -0.15) is 0 Å². The average molecular weight is 1470 g/mol. The molecule has 0 fully saturated rings. The van der Waals surface area contributed by atoms with Crippen LogP contribution < -0.4 is 0 Å². The maximum atomic E-state index is 13.1. The Morgan fingerprint density at radius 2 is 0.480 bits per heavy atom. The van der Waals surface area contributed by atoms with Crippen molar-refractivity contribution < 1.29 is 80.2 Å². The predicted molar refractivity (Wildman–Crippen MR) is 409 cm³/mol. The van der Waals surface area contributed by atoms with Gasteiger partial charge >= 0.3 is 39.5 Å². The summed E-state index contributed by atoms with van der Waals surface area (Å²) in [6, 6.07) is 0. The number of esters is 4. The molecule has 100 heavy (non-hydrogen) atoms. The van der Waals surface area contributed by atoms with E-state index in [0.717, 1.165) is 120 Å². The van der Waals surface area contributed by atoms with Gasteiger partial charge in [0.2, 0.25) is 0 Å². The van der Waals surface area contributed by atoms with Crippen molar-refractivity contribution in [2.24, 2.45) is 23.7 Å². The van der Waals surface area contributed by atoms with Gasteiger partial charge in [0.05, 0.1) is 26.4 Å². The molecule has 8 atom stereocenters. The fourth-order valence-corrected chi connectivity index (χ4v) is 13.9. The lowest BCUT2D eigenvalue weighted by atomic mass is 9.99. The van der Waals surface area contributed by atoms with E-state index in [1.807, 2.05) is 0 Å². The van der Waals surface area contributed by atoms with Crippen LogP contribution in [0.3, 0.4) is 0 Å². The van der Waals surface area contributed by atoms with Crippen LogP contribution in [0.1, 0.15) is 415 Å².